The van der Waals surface area contributed by atoms with E-state index in [-0.39, 0.29) is 18.1 Å². The molecule has 4 aromatic rings. The van der Waals surface area contributed by atoms with Crippen LogP contribution in [-0.4, -0.2) is 37.1 Å². The average Bonchev–Trinajstić information content (AvgIpc) is 3.27. The molecule has 1 heterocycles. The van der Waals surface area contributed by atoms with Gasteiger partial charge in [0.1, 0.15) is 0 Å². The number of carbonyl (C=O) groups excluding carboxylic acids is 2. The van der Waals surface area contributed by atoms with Crippen LogP contribution < -0.4 is 14.9 Å². The molecule has 35 heavy (non-hydrogen) atoms. The molecule has 1 atom stereocenters. The second kappa shape index (κ2) is 10.7. The molecule has 0 saturated carbocycles. The number of ketones is 1. The van der Waals surface area contributed by atoms with Crippen LogP contribution in [0.15, 0.2) is 77.9 Å². The van der Waals surface area contributed by atoms with Crippen LogP contribution in [0.5, 0.6) is 11.5 Å². The van der Waals surface area contributed by atoms with E-state index in [2.05, 4.69) is 15.5 Å². The van der Waals surface area contributed by atoms with E-state index in [1.54, 1.807) is 31.3 Å². The standard InChI is InChI=1S/C28H27N3O4/c1-18(15-24(32)20-13-14-25(34-2)26(16-20)35-3)28(33)31-29-17-22-21-11-7-8-12-23(21)30-27(22)19-9-5-4-6-10-19/h4-14,16-18,30H,15H2,1-3H3,(H,31,33)/b29-17+/t18-/m1/s1. The number of nitrogens with one attached hydrogen (secondary N) is 2. The number of benzene rings is 3. The smallest absolute Gasteiger partial charge is 0.243 e. The summed E-state index contributed by atoms with van der Waals surface area (Å²) in [6.07, 6.45) is 1.68. The number of Topliss-reactive ketones (excluding diaryl/α,β-unsaturated/α-hetero) is 1. The van der Waals surface area contributed by atoms with Gasteiger partial charge >= 0.3 is 0 Å². The number of rotatable bonds is 9. The maximum atomic E-state index is 12.7. The van der Waals surface area contributed by atoms with Crippen molar-refractivity contribution in [3.63, 3.8) is 0 Å². The SMILES string of the molecule is COc1ccc(C(=O)C[C@@H](C)C(=O)N/N=C/c2c(-c3ccccc3)[nH]c3ccccc23)cc1OC. The molecule has 7 nitrogen and oxygen atoms in total. The summed E-state index contributed by atoms with van der Waals surface area (Å²) >= 11 is 0. The highest BCUT2D eigenvalue weighted by Crippen LogP contribution is 2.30. The highest BCUT2D eigenvalue weighted by Gasteiger charge is 2.19. The first kappa shape index (κ1) is 23.8. The number of aromatic amines is 1. The van der Waals surface area contributed by atoms with Crippen LogP contribution >= 0.6 is 0 Å². The number of aromatic nitrogens is 1. The minimum Gasteiger partial charge on any atom is -0.493 e. The molecule has 0 spiro atoms. The van der Waals surface area contributed by atoms with Gasteiger partial charge in [0, 0.05) is 34.4 Å². The Morgan fingerprint density at radius 2 is 1.69 bits per heavy atom. The molecular formula is C28H27N3O4. The lowest BCUT2D eigenvalue weighted by Gasteiger charge is -2.11. The summed E-state index contributed by atoms with van der Waals surface area (Å²) in [7, 11) is 3.04. The first-order valence-electron chi connectivity index (χ1n) is 11.3. The summed E-state index contributed by atoms with van der Waals surface area (Å²) < 4.78 is 10.5. The van der Waals surface area contributed by atoms with E-state index in [0.29, 0.717) is 17.1 Å². The lowest BCUT2D eigenvalue weighted by Crippen LogP contribution is -2.26. The van der Waals surface area contributed by atoms with Gasteiger partial charge in [-0.25, -0.2) is 5.43 Å². The molecule has 4 rings (SSSR count). The summed E-state index contributed by atoms with van der Waals surface area (Å²) in [5, 5.41) is 5.21. The maximum Gasteiger partial charge on any atom is 0.243 e. The number of ether oxygens (including phenoxy) is 2. The Morgan fingerprint density at radius 1 is 0.971 bits per heavy atom. The molecule has 2 N–H and O–H groups in total. The fourth-order valence-corrected chi connectivity index (χ4v) is 3.90. The maximum absolute atomic E-state index is 12.7. The van der Waals surface area contributed by atoms with Crippen molar-refractivity contribution in [2.45, 2.75) is 13.3 Å². The number of para-hydroxylation sites is 1. The fourth-order valence-electron chi connectivity index (χ4n) is 3.90. The molecule has 0 aliphatic heterocycles. The van der Waals surface area contributed by atoms with Crippen molar-refractivity contribution in [2.75, 3.05) is 14.2 Å². The number of nitrogens with zero attached hydrogens (tertiary/aromatic N) is 1. The normalized spacial score (nSPS) is 12.0. The van der Waals surface area contributed by atoms with Crippen LogP contribution in [-0.2, 0) is 4.79 Å². The summed E-state index contributed by atoms with van der Waals surface area (Å²) in [5.41, 5.74) is 6.83. The predicted molar refractivity (Wildman–Crippen MR) is 137 cm³/mol. The molecular weight excluding hydrogens is 442 g/mol. The van der Waals surface area contributed by atoms with Gasteiger partial charge in [-0.05, 0) is 29.8 Å². The lowest BCUT2D eigenvalue weighted by molar-refractivity contribution is -0.124. The molecule has 0 radical (unpaired) electrons. The lowest BCUT2D eigenvalue weighted by atomic mass is 9.99. The average molecular weight is 470 g/mol. The van der Waals surface area contributed by atoms with E-state index in [1.807, 2.05) is 54.6 Å². The molecule has 1 aromatic heterocycles. The number of hydrogen-bond donors (Lipinski definition) is 2. The molecule has 7 heteroatoms. The third-order valence-corrected chi connectivity index (χ3v) is 5.82. The Balaban J connectivity index is 1.46. The molecule has 178 valence electrons. The van der Waals surface area contributed by atoms with E-state index in [9.17, 15) is 9.59 Å². The van der Waals surface area contributed by atoms with Gasteiger partial charge in [0.05, 0.1) is 26.1 Å². The number of fused-ring (bicyclic) bond motifs is 1. The number of methoxy groups -OCH3 is 2. The van der Waals surface area contributed by atoms with Crippen LogP contribution in [0.1, 0.15) is 29.3 Å². The first-order chi connectivity index (χ1) is 17.0. The van der Waals surface area contributed by atoms with E-state index < -0.39 is 5.92 Å². The second-order valence-corrected chi connectivity index (χ2v) is 8.16. The Morgan fingerprint density at radius 3 is 2.43 bits per heavy atom. The Kier molecular flexibility index (Phi) is 7.26. The van der Waals surface area contributed by atoms with E-state index >= 15 is 0 Å². The number of amides is 1. The van der Waals surface area contributed by atoms with Crippen LogP contribution in [0.4, 0.5) is 0 Å². The molecule has 0 bridgehead atoms. The van der Waals surface area contributed by atoms with Gasteiger partial charge in [-0.1, -0.05) is 55.5 Å². The topological polar surface area (TPSA) is 92.8 Å². The highest BCUT2D eigenvalue weighted by atomic mass is 16.5. The highest BCUT2D eigenvalue weighted by molar-refractivity contribution is 6.06. The molecule has 0 saturated heterocycles. The number of hydrogen-bond acceptors (Lipinski definition) is 5. The van der Waals surface area contributed by atoms with Gasteiger partial charge in [-0.2, -0.15) is 5.10 Å². The van der Waals surface area contributed by atoms with Crippen molar-refractivity contribution in [3.8, 4) is 22.8 Å². The van der Waals surface area contributed by atoms with Crippen molar-refractivity contribution >= 4 is 28.8 Å². The number of carbonyl (C=O) groups is 2. The van der Waals surface area contributed by atoms with E-state index in [1.165, 1.54) is 14.2 Å². The monoisotopic (exact) mass is 469 g/mol. The second-order valence-electron chi connectivity index (χ2n) is 8.16. The third-order valence-electron chi connectivity index (χ3n) is 5.82. The quantitative estimate of drug-likeness (QED) is 0.200. The van der Waals surface area contributed by atoms with E-state index in [0.717, 1.165) is 27.7 Å². The minimum atomic E-state index is -0.565. The zero-order chi connectivity index (χ0) is 24.8. The van der Waals surface area contributed by atoms with Crippen molar-refractivity contribution in [1.82, 2.24) is 10.4 Å². The predicted octanol–water partition coefficient (Wildman–Crippen LogP) is 5.21. The zero-order valence-electron chi connectivity index (χ0n) is 19.9. The van der Waals surface area contributed by atoms with Crippen molar-refractivity contribution < 1.29 is 19.1 Å². The van der Waals surface area contributed by atoms with Crippen LogP contribution in [0.2, 0.25) is 0 Å². The first-order valence-corrected chi connectivity index (χ1v) is 11.3. The van der Waals surface area contributed by atoms with Gasteiger partial charge in [-0.3, -0.25) is 9.59 Å². The van der Waals surface area contributed by atoms with Gasteiger partial charge < -0.3 is 14.5 Å². The summed E-state index contributed by atoms with van der Waals surface area (Å²) in [6, 6.07) is 22.8. The van der Waals surface area contributed by atoms with Crippen LogP contribution in [0, 0.1) is 5.92 Å². The summed E-state index contributed by atoms with van der Waals surface area (Å²) in [6.45, 7) is 1.70. The number of hydrazone groups is 1. The molecule has 3 aromatic carbocycles. The molecule has 0 fully saturated rings. The third kappa shape index (κ3) is 5.24. The molecule has 1 amide bonds. The van der Waals surface area contributed by atoms with Crippen LogP contribution in [0.25, 0.3) is 22.2 Å². The van der Waals surface area contributed by atoms with Gasteiger partial charge in [-0.15, -0.1) is 0 Å². The van der Waals surface area contributed by atoms with Crippen molar-refractivity contribution in [2.24, 2.45) is 11.0 Å². The van der Waals surface area contributed by atoms with E-state index in [4.69, 9.17) is 9.47 Å². The minimum absolute atomic E-state index is 0.0409. The van der Waals surface area contributed by atoms with Gasteiger partial charge in [0.25, 0.3) is 0 Å². The summed E-state index contributed by atoms with van der Waals surface area (Å²) in [4.78, 5) is 28.8. The summed E-state index contributed by atoms with van der Waals surface area (Å²) in [5.74, 6) is -0.0644. The Bertz CT molecular complexity index is 1380. The Labute approximate surface area is 203 Å². The van der Waals surface area contributed by atoms with Gasteiger partial charge in [0.2, 0.25) is 5.91 Å². The van der Waals surface area contributed by atoms with Crippen molar-refractivity contribution in [3.05, 3.63) is 83.9 Å². The number of H-pyrrole nitrogens is 1. The molecule has 0 aliphatic carbocycles. The zero-order valence-corrected chi connectivity index (χ0v) is 19.9. The largest absolute Gasteiger partial charge is 0.493 e. The van der Waals surface area contributed by atoms with Gasteiger partial charge in [0.15, 0.2) is 17.3 Å². The fraction of sp³-hybridized carbons (Fsp3) is 0.179. The molecule has 0 unspecified atom stereocenters. The van der Waals surface area contributed by atoms with Crippen LogP contribution in [0.3, 0.4) is 0 Å². The Hall–Kier alpha value is -4.39. The van der Waals surface area contributed by atoms with Crippen molar-refractivity contribution in [1.29, 1.82) is 0 Å². The molecule has 0 aliphatic rings.